The van der Waals surface area contributed by atoms with Crippen LogP contribution in [0.4, 0.5) is 4.79 Å². The largest absolute Gasteiger partial charge is 0.481 e. The molecule has 0 aliphatic carbocycles. The van der Waals surface area contributed by atoms with Gasteiger partial charge in [-0.2, -0.15) is 8.42 Å². The minimum atomic E-state index is -3.76. The van der Waals surface area contributed by atoms with E-state index in [1.54, 1.807) is 20.8 Å². The average molecular weight is 337 g/mol. The van der Waals surface area contributed by atoms with Crippen LogP contribution in [0.3, 0.4) is 0 Å². The Labute approximate surface area is 130 Å². The average Bonchev–Trinajstić information content (AvgIpc) is 2.23. The van der Waals surface area contributed by atoms with Gasteiger partial charge in [0.1, 0.15) is 5.60 Å². The Morgan fingerprint density at radius 3 is 2.27 bits per heavy atom. The standard InChI is InChI=1S/C13H23NO7S/c1-12(2,3)20-11(17)14-7-9(21-22(5,18)19)6-13(4,8-14)10(15)16/h9H,6-8H2,1-5H3,(H,15,16)/t9-,13+/m0/s1. The number of carbonyl (C=O) groups excluding carboxylic acids is 1. The van der Waals surface area contributed by atoms with Gasteiger partial charge in [-0.1, -0.05) is 0 Å². The molecule has 0 aromatic rings. The van der Waals surface area contributed by atoms with E-state index in [9.17, 15) is 23.1 Å². The summed E-state index contributed by atoms with van der Waals surface area (Å²) in [6.45, 7) is 6.41. The highest BCUT2D eigenvalue weighted by atomic mass is 32.2. The van der Waals surface area contributed by atoms with E-state index < -0.39 is 39.3 Å². The Balaban J connectivity index is 2.98. The van der Waals surface area contributed by atoms with Gasteiger partial charge in [-0.25, -0.2) is 4.79 Å². The lowest BCUT2D eigenvalue weighted by molar-refractivity contribution is -0.153. The Hall–Kier alpha value is -1.35. The number of ether oxygens (including phenoxy) is 1. The monoisotopic (exact) mass is 337 g/mol. The lowest BCUT2D eigenvalue weighted by Gasteiger charge is -2.41. The highest BCUT2D eigenvalue weighted by Gasteiger charge is 2.45. The Morgan fingerprint density at radius 1 is 1.32 bits per heavy atom. The van der Waals surface area contributed by atoms with Gasteiger partial charge in [-0.3, -0.25) is 8.98 Å². The third kappa shape index (κ3) is 5.45. The van der Waals surface area contributed by atoms with Crippen LogP contribution in [0.2, 0.25) is 0 Å². The van der Waals surface area contributed by atoms with Gasteiger partial charge < -0.3 is 14.7 Å². The maximum atomic E-state index is 12.1. The van der Waals surface area contributed by atoms with E-state index in [0.29, 0.717) is 0 Å². The molecule has 1 aliphatic heterocycles. The van der Waals surface area contributed by atoms with Crippen LogP contribution in [0.25, 0.3) is 0 Å². The van der Waals surface area contributed by atoms with Crippen molar-refractivity contribution in [2.75, 3.05) is 19.3 Å². The van der Waals surface area contributed by atoms with Crippen LogP contribution in [-0.2, 0) is 23.8 Å². The predicted octanol–water partition coefficient (Wildman–Crippen LogP) is 1.06. The van der Waals surface area contributed by atoms with Crippen LogP contribution in [0.1, 0.15) is 34.1 Å². The number of nitrogens with zero attached hydrogens (tertiary/aromatic N) is 1. The van der Waals surface area contributed by atoms with E-state index in [-0.39, 0.29) is 19.5 Å². The smallest absolute Gasteiger partial charge is 0.410 e. The third-order valence-electron chi connectivity index (χ3n) is 3.12. The fourth-order valence-corrected chi connectivity index (χ4v) is 2.92. The summed E-state index contributed by atoms with van der Waals surface area (Å²) in [6, 6.07) is 0. The Bertz CT molecular complexity index is 551. The number of aliphatic carboxylic acids is 1. The van der Waals surface area contributed by atoms with Crippen molar-refractivity contribution in [2.24, 2.45) is 5.41 Å². The Kier molecular flexibility index (Phi) is 5.13. The molecule has 0 spiro atoms. The van der Waals surface area contributed by atoms with Crippen molar-refractivity contribution in [1.29, 1.82) is 0 Å². The van der Waals surface area contributed by atoms with Crippen LogP contribution in [0.5, 0.6) is 0 Å². The number of hydrogen-bond donors (Lipinski definition) is 1. The number of carboxylic acids is 1. The van der Waals surface area contributed by atoms with Crippen LogP contribution in [-0.4, -0.2) is 61.5 Å². The van der Waals surface area contributed by atoms with E-state index in [2.05, 4.69) is 0 Å². The maximum absolute atomic E-state index is 12.1. The molecule has 0 saturated carbocycles. The van der Waals surface area contributed by atoms with Crippen LogP contribution < -0.4 is 0 Å². The lowest BCUT2D eigenvalue weighted by Crippen LogP contribution is -2.55. The molecule has 1 saturated heterocycles. The van der Waals surface area contributed by atoms with Gasteiger partial charge in [-0.05, 0) is 34.1 Å². The fourth-order valence-electron chi connectivity index (χ4n) is 2.30. The van der Waals surface area contributed by atoms with Gasteiger partial charge in [0.15, 0.2) is 0 Å². The molecule has 9 heteroatoms. The van der Waals surface area contributed by atoms with Crippen molar-refractivity contribution < 1.29 is 32.0 Å². The highest BCUT2D eigenvalue weighted by molar-refractivity contribution is 7.86. The van der Waals surface area contributed by atoms with Gasteiger partial charge >= 0.3 is 12.1 Å². The van der Waals surface area contributed by atoms with E-state index in [0.717, 1.165) is 6.26 Å². The minimum absolute atomic E-state index is 0.00526. The number of likely N-dealkylation sites (tertiary alicyclic amines) is 1. The molecular weight excluding hydrogens is 314 g/mol. The molecule has 128 valence electrons. The number of amides is 1. The molecule has 0 aromatic carbocycles. The molecule has 22 heavy (non-hydrogen) atoms. The molecule has 1 rings (SSSR count). The number of carbonyl (C=O) groups is 2. The number of rotatable bonds is 3. The molecule has 0 bridgehead atoms. The summed E-state index contributed by atoms with van der Waals surface area (Å²) in [5.74, 6) is -1.12. The predicted molar refractivity (Wildman–Crippen MR) is 77.9 cm³/mol. The molecule has 1 aliphatic rings. The zero-order valence-electron chi connectivity index (χ0n) is 13.5. The zero-order chi connectivity index (χ0) is 17.3. The molecule has 1 amide bonds. The Morgan fingerprint density at radius 2 is 1.86 bits per heavy atom. The number of hydrogen-bond acceptors (Lipinski definition) is 6. The SMILES string of the molecule is CC(C)(C)OC(=O)N1C[C@@H](OS(C)(=O)=O)C[C@@](C)(C(=O)O)C1. The first kappa shape index (κ1) is 18.7. The lowest BCUT2D eigenvalue weighted by atomic mass is 9.81. The second-order valence-electron chi connectivity index (χ2n) is 6.85. The van der Waals surface area contributed by atoms with E-state index in [4.69, 9.17) is 8.92 Å². The van der Waals surface area contributed by atoms with Crippen molar-refractivity contribution in [2.45, 2.75) is 45.8 Å². The first-order valence-electron chi connectivity index (χ1n) is 6.81. The maximum Gasteiger partial charge on any atom is 0.410 e. The van der Waals surface area contributed by atoms with Crippen LogP contribution >= 0.6 is 0 Å². The molecule has 0 aromatic heterocycles. The topological polar surface area (TPSA) is 110 Å². The van der Waals surface area contributed by atoms with Crippen molar-refractivity contribution >= 4 is 22.2 Å². The molecule has 0 radical (unpaired) electrons. The van der Waals surface area contributed by atoms with E-state index in [1.807, 2.05) is 0 Å². The summed E-state index contributed by atoms with van der Waals surface area (Å²) in [7, 11) is -3.76. The summed E-state index contributed by atoms with van der Waals surface area (Å²) in [5, 5.41) is 9.36. The minimum Gasteiger partial charge on any atom is -0.481 e. The third-order valence-corrected chi connectivity index (χ3v) is 3.74. The number of piperidine rings is 1. The summed E-state index contributed by atoms with van der Waals surface area (Å²) < 4.78 is 32.7. The van der Waals surface area contributed by atoms with Crippen molar-refractivity contribution in [3.05, 3.63) is 0 Å². The van der Waals surface area contributed by atoms with Gasteiger partial charge in [-0.15, -0.1) is 0 Å². The molecule has 1 fully saturated rings. The zero-order valence-corrected chi connectivity index (χ0v) is 14.3. The van der Waals surface area contributed by atoms with Crippen molar-refractivity contribution in [1.82, 2.24) is 4.90 Å². The van der Waals surface area contributed by atoms with Gasteiger partial charge in [0.2, 0.25) is 0 Å². The summed E-state index contributed by atoms with van der Waals surface area (Å²) in [5.41, 5.74) is -2.04. The first-order valence-corrected chi connectivity index (χ1v) is 8.63. The van der Waals surface area contributed by atoms with Gasteiger partial charge in [0.05, 0.1) is 24.3 Å². The summed E-state index contributed by atoms with van der Waals surface area (Å²) in [6.07, 6.45) is -0.731. The quantitative estimate of drug-likeness (QED) is 0.767. The second kappa shape index (κ2) is 6.04. The summed E-state index contributed by atoms with van der Waals surface area (Å²) >= 11 is 0. The highest BCUT2D eigenvalue weighted by Crippen LogP contribution is 2.32. The molecular formula is C13H23NO7S. The first-order chi connectivity index (χ1) is 9.72. The summed E-state index contributed by atoms with van der Waals surface area (Å²) in [4.78, 5) is 24.8. The fraction of sp³-hybridized carbons (Fsp3) is 0.846. The normalized spacial score (nSPS) is 26.6. The van der Waals surface area contributed by atoms with Gasteiger partial charge in [0, 0.05) is 6.54 Å². The van der Waals surface area contributed by atoms with Crippen LogP contribution in [0, 0.1) is 5.41 Å². The number of carboxylic acid groups (broad SMARTS) is 1. The molecule has 0 unspecified atom stereocenters. The van der Waals surface area contributed by atoms with Crippen molar-refractivity contribution in [3.63, 3.8) is 0 Å². The second-order valence-corrected chi connectivity index (χ2v) is 8.45. The molecule has 1 heterocycles. The molecule has 2 atom stereocenters. The van der Waals surface area contributed by atoms with Crippen molar-refractivity contribution in [3.8, 4) is 0 Å². The van der Waals surface area contributed by atoms with E-state index >= 15 is 0 Å². The molecule has 1 N–H and O–H groups in total. The molecule has 8 nitrogen and oxygen atoms in total. The van der Waals surface area contributed by atoms with Crippen LogP contribution in [0.15, 0.2) is 0 Å². The van der Waals surface area contributed by atoms with E-state index in [1.165, 1.54) is 11.8 Å². The van der Waals surface area contributed by atoms with Gasteiger partial charge in [0.25, 0.3) is 10.1 Å².